The highest BCUT2D eigenvalue weighted by Crippen LogP contribution is 2.28. The van der Waals surface area contributed by atoms with E-state index < -0.39 is 10.0 Å². The first kappa shape index (κ1) is 15.8. The summed E-state index contributed by atoms with van der Waals surface area (Å²) in [5.41, 5.74) is 6.41. The third-order valence-electron chi connectivity index (χ3n) is 3.85. The second-order valence-corrected chi connectivity index (χ2v) is 7.06. The largest absolute Gasteiger partial charge is 0.399 e. The molecule has 0 aliphatic carbocycles. The molecule has 0 aliphatic rings. The molecule has 0 amide bonds. The van der Waals surface area contributed by atoms with Crippen molar-refractivity contribution in [2.24, 2.45) is 0 Å². The van der Waals surface area contributed by atoms with E-state index in [4.69, 9.17) is 5.73 Å². The molecule has 0 aromatic heterocycles. The van der Waals surface area contributed by atoms with Crippen LogP contribution in [0.25, 0.3) is 10.8 Å². The quantitative estimate of drug-likeness (QED) is 0.863. The predicted molar refractivity (Wildman–Crippen MR) is 87.7 cm³/mol. The number of benzene rings is 2. The fourth-order valence-corrected chi connectivity index (χ4v) is 4.48. The Balaban J connectivity index is 2.64. The SMILES string of the molecule is CCC(C)N(CC)S(=O)(=O)c1cccc2cc(N)ccc12. The van der Waals surface area contributed by atoms with Gasteiger partial charge in [0.2, 0.25) is 10.0 Å². The minimum absolute atomic E-state index is 0.0240. The summed E-state index contributed by atoms with van der Waals surface area (Å²) in [5, 5.41) is 1.56. The van der Waals surface area contributed by atoms with Crippen LogP contribution in [0.4, 0.5) is 5.69 Å². The number of nitrogens with zero attached hydrogens (tertiary/aromatic N) is 1. The van der Waals surface area contributed by atoms with E-state index in [1.165, 1.54) is 0 Å². The molecule has 4 nitrogen and oxygen atoms in total. The second kappa shape index (κ2) is 6.03. The molecule has 0 heterocycles. The second-order valence-electron chi connectivity index (χ2n) is 5.20. The van der Waals surface area contributed by atoms with Gasteiger partial charge in [-0.1, -0.05) is 32.0 Å². The first-order valence-corrected chi connectivity index (χ1v) is 8.66. The Labute approximate surface area is 126 Å². The molecule has 0 saturated carbocycles. The number of hydrogen-bond acceptors (Lipinski definition) is 3. The minimum Gasteiger partial charge on any atom is -0.399 e. The molecule has 0 aliphatic heterocycles. The molecule has 2 aromatic rings. The molecular weight excluding hydrogens is 284 g/mol. The lowest BCUT2D eigenvalue weighted by molar-refractivity contribution is 0.343. The number of rotatable bonds is 5. The summed E-state index contributed by atoms with van der Waals surface area (Å²) in [6.45, 7) is 6.26. The monoisotopic (exact) mass is 306 g/mol. The van der Waals surface area contributed by atoms with E-state index >= 15 is 0 Å². The molecular formula is C16H22N2O2S. The normalized spacial score (nSPS) is 13.7. The van der Waals surface area contributed by atoms with Crippen LogP contribution in [0.15, 0.2) is 41.3 Å². The first-order chi connectivity index (χ1) is 9.91. The van der Waals surface area contributed by atoms with Crippen LogP contribution in [0, 0.1) is 0 Å². The van der Waals surface area contributed by atoms with E-state index in [1.807, 2.05) is 26.8 Å². The third-order valence-corrected chi connectivity index (χ3v) is 5.99. The van der Waals surface area contributed by atoms with Gasteiger partial charge in [0.25, 0.3) is 0 Å². The average Bonchev–Trinajstić information content (AvgIpc) is 2.46. The van der Waals surface area contributed by atoms with Gasteiger partial charge in [-0.25, -0.2) is 8.42 Å². The highest BCUT2D eigenvalue weighted by atomic mass is 32.2. The van der Waals surface area contributed by atoms with Crippen LogP contribution in [-0.2, 0) is 10.0 Å². The lowest BCUT2D eigenvalue weighted by Crippen LogP contribution is -2.38. The van der Waals surface area contributed by atoms with Crippen molar-refractivity contribution >= 4 is 26.5 Å². The van der Waals surface area contributed by atoms with Crippen LogP contribution in [0.3, 0.4) is 0 Å². The average molecular weight is 306 g/mol. The minimum atomic E-state index is -3.51. The smallest absolute Gasteiger partial charge is 0.243 e. The summed E-state index contributed by atoms with van der Waals surface area (Å²) in [6, 6.07) is 10.6. The van der Waals surface area contributed by atoms with Gasteiger partial charge in [-0.2, -0.15) is 4.31 Å². The zero-order valence-electron chi connectivity index (χ0n) is 12.7. The van der Waals surface area contributed by atoms with E-state index in [1.54, 1.807) is 34.6 Å². The summed E-state index contributed by atoms with van der Waals surface area (Å²) in [6.07, 6.45) is 0.783. The summed E-state index contributed by atoms with van der Waals surface area (Å²) in [5.74, 6) is 0. The molecule has 0 fully saturated rings. The highest BCUT2D eigenvalue weighted by molar-refractivity contribution is 7.89. The van der Waals surface area contributed by atoms with Crippen molar-refractivity contribution in [2.75, 3.05) is 12.3 Å². The number of hydrogen-bond donors (Lipinski definition) is 1. The molecule has 2 rings (SSSR count). The Morgan fingerprint density at radius 1 is 1.19 bits per heavy atom. The van der Waals surface area contributed by atoms with Crippen molar-refractivity contribution in [1.29, 1.82) is 0 Å². The van der Waals surface area contributed by atoms with Crippen molar-refractivity contribution in [2.45, 2.75) is 38.1 Å². The number of anilines is 1. The van der Waals surface area contributed by atoms with Crippen LogP contribution in [0.5, 0.6) is 0 Å². The molecule has 0 spiro atoms. The zero-order valence-corrected chi connectivity index (χ0v) is 13.5. The molecule has 0 bridgehead atoms. The van der Waals surface area contributed by atoms with Crippen molar-refractivity contribution in [3.05, 3.63) is 36.4 Å². The van der Waals surface area contributed by atoms with Crippen molar-refractivity contribution in [3.8, 4) is 0 Å². The maximum atomic E-state index is 13.0. The topological polar surface area (TPSA) is 63.4 Å². The summed E-state index contributed by atoms with van der Waals surface area (Å²) < 4.78 is 27.5. The summed E-state index contributed by atoms with van der Waals surface area (Å²) in [7, 11) is -3.51. The number of nitrogen functional groups attached to an aromatic ring is 1. The maximum Gasteiger partial charge on any atom is 0.243 e. The number of sulfonamides is 1. The van der Waals surface area contributed by atoms with E-state index in [9.17, 15) is 8.42 Å². The Morgan fingerprint density at radius 3 is 2.52 bits per heavy atom. The zero-order chi connectivity index (χ0) is 15.6. The Bertz CT molecular complexity index is 741. The van der Waals surface area contributed by atoms with E-state index in [-0.39, 0.29) is 6.04 Å². The molecule has 2 N–H and O–H groups in total. The van der Waals surface area contributed by atoms with E-state index in [0.717, 1.165) is 11.8 Å². The van der Waals surface area contributed by atoms with E-state index in [0.29, 0.717) is 22.5 Å². The van der Waals surface area contributed by atoms with Crippen LogP contribution in [-0.4, -0.2) is 25.3 Å². The standard InChI is InChI=1S/C16H22N2O2S/c1-4-12(3)18(5-2)21(19,20)16-8-6-7-13-11-14(17)9-10-15(13)16/h6-12H,4-5,17H2,1-3H3. The van der Waals surface area contributed by atoms with Gasteiger partial charge < -0.3 is 5.73 Å². The third kappa shape index (κ3) is 2.89. The van der Waals surface area contributed by atoms with Crippen molar-refractivity contribution in [1.82, 2.24) is 4.31 Å². The van der Waals surface area contributed by atoms with Gasteiger partial charge in [0.05, 0.1) is 4.90 Å². The number of fused-ring (bicyclic) bond motifs is 1. The van der Waals surface area contributed by atoms with Crippen molar-refractivity contribution in [3.63, 3.8) is 0 Å². The molecule has 5 heteroatoms. The van der Waals surface area contributed by atoms with Crippen LogP contribution in [0.1, 0.15) is 27.2 Å². The van der Waals surface area contributed by atoms with Gasteiger partial charge in [0, 0.05) is 23.7 Å². The fourth-order valence-electron chi connectivity index (χ4n) is 2.55. The van der Waals surface area contributed by atoms with Crippen LogP contribution in [0.2, 0.25) is 0 Å². The van der Waals surface area contributed by atoms with E-state index in [2.05, 4.69) is 0 Å². The van der Waals surface area contributed by atoms with Crippen LogP contribution >= 0.6 is 0 Å². The highest BCUT2D eigenvalue weighted by Gasteiger charge is 2.28. The maximum absolute atomic E-state index is 13.0. The fraction of sp³-hybridized carbons (Fsp3) is 0.375. The van der Waals surface area contributed by atoms with Gasteiger partial charge in [-0.3, -0.25) is 0 Å². The number of nitrogens with two attached hydrogens (primary N) is 1. The lowest BCUT2D eigenvalue weighted by atomic mass is 10.1. The Morgan fingerprint density at radius 2 is 1.90 bits per heavy atom. The van der Waals surface area contributed by atoms with Crippen molar-refractivity contribution < 1.29 is 8.42 Å². The predicted octanol–water partition coefficient (Wildman–Crippen LogP) is 3.23. The first-order valence-electron chi connectivity index (χ1n) is 7.21. The van der Waals surface area contributed by atoms with Gasteiger partial charge >= 0.3 is 0 Å². The molecule has 0 radical (unpaired) electrons. The molecule has 114 valence electrons. The Kier molecular flexibility index (Phi) is 4.54. The van der Waals surface area contributed by atoms with Gasteiger partial charge in [0.15, 0.2) is 0 Å². The summed E-state index contributed by atoms with van der Waals surface area (Å²) in [4.78, 5) is 0.349. The Hall–Kier alpha value is -1.59. The molecule has 0 saturated heterocycles. The van der Waals surface area contributed by atoms with Crippen LogP contribution < -0.4 is 5.73 Å². The lowest BCUT2D eigenvalue weighted by Gasteiger charge is -2.26. The van der Waals surface area contributed by atoms with Gasteiger partial charge in [0.1, 0.15) is 0 Å². The molecule has 2 aromatic carbocycles. The summed E-state index contributed by atoms with van der Waals surface area (Å²) >= 11 is 0. The van der Waals surface area contributed by atoms with Gasteiger partial charge in [-0.05, 0) is 36.9 Å². The molecule has 1 unspecified atom stereocenters. The van der Waals surface area contributed by atoms with Gasteiger partial charge in [-0.15, -0.1) is 0 Å². The molecule has 1 atom stereocenters. The molecule has 21 heavy (non-hydrogen) atoms.